The highest BCUT2D eigenvalue weighted by molar-refractivity contribution is 7.54. The topological polar surface area (TPSA) is 71.1 Å². The van der Waals surface area contributed by atoms with Gasteiger partial charge in [-0.15, -0.1) is 0 Å². The molecule has 1 rings (SSSR count). The molecule has 0 aromatic heterocycles. The third kappa shape index (κ3) is 11.5. The fourth-order valence-electron chi connectivity index (χ4n) is 3.12. The Balaban J connectivity index is 1.81. The van der Waals surface area contributed by atoms with Crippen molar-refractivity contribution in [2.24, 2.45) is 0 Å². The van der Waals surface area contributed by atoms with Crippen LogP contribution in [-0.2, 0) is 27.9 Å². The first-order valence-electron chi connectivity index (χ1n) is 10.0. The molecule has 0 bridgehead atoms. The lowest BCUT2D eigenvalue weighted by Crippen LogP contribution is -2.07. The molecule has 1 fully saturated rings. The van der Waals surface area contributed by atoms with Crippen molar-refractivity contribution in [3.8, 4) is 0 Å². The monoisotopic (exact) mass is 392 g/mol. The van der Waals surface area contributed by atoms with E-state index in [4.69, 9.17) is 18.5 Å². The minimum atomic E-state index is -3.19. The molecule has 154 valence electrons. The van der Waals surface area contributed by atoms with E-state index < -0.39 is 7.60 Å². The second-order valence-electron chi connectivity index (χ2n) is 6.92. The number of rotatable bonds is 17. The average Bonchev–Trinajstić information content (AvgIpc) is 3.16. The van der Waals surface area contributed by atoms with E-state index in [-0.39, 0.29) is 18.2 Å². The highest BCUT2D eigenvalue weighted by atomic mass is 31.2. The molecule has 0 unspecified atom stereocenters. The van der Waals surface area contributed by atoms with Crippen LogP contribution in [0.3, 0.4) is 0 Å². The maximum Gasteiger partial charge on any atom is 0.337 e. The maximum absolute atomic E-state index is 11.9. The lowest BCUT2D eigenvalue weighted by Gasteiger charge is -2.12. The molecule has 1 saturated heterocycles. The number of ketones is 1. The van der Waals surface area contributed by atoms with Crippen molar-refractivity contribution in [2.75, 3.05) is 33.6 Å². The van der Waals surface area contributed by atoms with Crippen LogP contribution in [0.25, 0.3) is 0 Å². The minimum Gasteiger partial charge on any atom is -0.350 e. The normalized spacial score (nSPS) is 15.6. The Kier molecular flexibility index (Phi) is 13.5. The van der Waals surface area contributed by atoms with E-state index in [9.17, 15) is 9.36 Å². The molecule has 0 aromatic carbocycles. The van der Waals surface area contributed by atoms with Crippen molar-refractivity contribution >= 4 is 13.4 Å². The minimum absolute atomic E-state index is 0.0366. The van der Waals surface area contributed by atoms with Gasteiger partial charge < -0.3 is 18.5 Å². The molecule has 0 spiro atoms. The van der Waals surface area contributed by atoms with E-state index in [0.717, 1.165) is 38.9 Å². The van der Waals surface area contributed by atoms with Crippen molar-refractivity contribution in [1.82, 2.24) is 0 Å². The summed E-state index contributed by atoms with van der Waals surface area (Å²) in [6, 6.07) is 0. The smallest absolute Gasteiger partial charge is 0.337 e. The third-order valence-corrected chi connectivity index (χ3v) is 6.62. The average molecular weight is 392 g/mol. The van der Waals surface area contributed by atoms with Gasteiger partial charge in [0.05, 0.1) is 13.2 Å². The van der Waals surface area contributed by atoms with Gasteiger partial charge in [-0.05, 0) is 19.3 Å². The summed E-state index contributed by atoms with van der Waals surface area (Å²) in [7, 11) is -0.558. The molecule has 0 radical (unpaired) electrons. The molecular weight excluding hydrogens is 355 g/mol. The van der Waals surface area contributed by atoms with Gasteiger partial charge in [0.25, 0.3) is 0 Å². The molecule has 7 heteroatoms. The summed E-state index contributed by atoms with van der Waals surface area (Å²) in [6.07, 6.45) is 13.3. The molecule has 1 heterocycles. The number of hydrogen-bond acceptors (Lipinski definition) is 6. The van der Waals surface area contributed by atoms with Crippen LogP contribution in [0, 0.1) is 0 Å². The summed E-state index contributed by atoms with van der Waals surface area (Å²) in [4.78, 5) is 11.8. The van der Waals surface area contributed by atoms with Gasteiger partial charge in [-0.2, -0.15) is 0 Å². The predicted octanol–water partition coefficient (Wildman–Crippen LogP) is 5.10. The third-order valence-electron chi connectivity index (χ3n) is 4.76. The Morgan fingerprint density at radius 3 is 1.81 bits per heavy atom. The zero-order chi connectivity index (χ0) is 19.1. The van der Waals surface area contributed by atoms with E-state index in [2.05, 4.69) is 0 Å². The second-order valence-corrected chi connectivity index (χ2v) is 9.19. The Labute approximate surface area is 158 Å². The Morgan fingerprint density at radius 2 is 1.31 bits per heavy atom. The number of unbranched alkanes of at least 4 members (excludes halogenated alkanes) is 9. The summed E-state index contributed by atoms with van der Waals surface area (Å²) >= 11 is 0. The van der Waals surface area contributed by atoms with Crippen molar-refractivity contribution in [3.63, 3.8) is 0 Å². The lowest BCUT2D eigenvalue weighted by atomic mass is 10.0. The first-order chi connectivity index (χ1) is 12.6. The largest absolute Gasteiger partial charge is 0.350 e. The highest BCUT2D eigenvalue weighted by Crippen LogP contribution is 2.46. The standard InChI is InChI=1S/C19H37O6P/c1-22-26(21,23-2)17-18(20)13-11-9-7-5-3-4-6-8-10-12-14-19-24-15-16-25-19/h19H,3-17H2,1-2H3. The van der Waals surface area contributed by atoms with Gasteiger partial charge in [0.15, 0.2) is 6.29 Å². The molecule has 1 aliphatic heterocycles. The first kappa shape index (κ1) is 23.8. The lowest BCUT2D eigenvalue weighted by molar-refractivity contribution is -0.117. The molecule has 1 aliphatic rings. The summed E-state index contributed by atoms with van der Waals surface area (Å²) in [5.41, 5.74) is 0. The molecule has 26 heavy (non-hydrogen) atoms. The van der Waals surface area contributed by atoms with Crippen LogP contribution in [0.5, 0.6) is 0 Å². The molecule has 0 aromatic rings. The van der Waals surface area contributed by atoms with Crippen molar-refractivity contribution in [3.05, 3.63) is 0 Å². The Bertz CT molecular complexity index is 401. The SMILES string of the molecule is COP(=O)(CC(=O)CCCCCCCCCCCCC1OCCO1)OC. The van der Waals surface area contributed by atoms with Crippen LogP contribution in [-0.4, -0.2) is 45.7 Å². The first-order valence-corrected chi connectivity index (χ1v) is 11.8. The predicted molar refractivity (Wildman–Crippen MR) is 103 cm³/mol. The van der Waals surface area contributed by atoms with E-state index in [1.165, 1.54) is 59.2 Å². The van der Waals surface area contributed by atoms with Gasteiger partial charge in [-0.1, -0.05) is 51.4 Å². The van der Waals surface area contributed by atoms with Crippen LogP contribution in [0.4, 0.5) is 0 Å². The van der Waals surface area contributed by atoms with Crippen LogP contribution in [0.2, 0.25) is 0 Å². The summed E-state index contributed by atoms with van der Waals surface area (Å²) < 4.78 is 32.3. The van der Waals surface area contributed by atoms with Crippen molar-refractivity contribution in [2.45, 2.75) is 83.3 Å². The zero-order valence-electron chi connectivity index (χ0n) is 16.6. The van der Waals surface area contributed by atoms with E-state index in [1.807, 2.05) is 0 Å². The van der Waals surface area contributed by atoms with Crippen LogP contribution < -0.4 is 0 Å². The number of carbonyl (C=O) groups excluding carboxylic acids is 1. The van der Waals surface area contributed by atoms with Crippen LogP contribution >= 0.6 is 7.60 Å². The maximum atomic E-state index is 11.9. The van der Waals surface area contributed by atoms with Crippen LogP contribution in [0.1, 0.15) is 77.0 Å². The van der Waals surface area contributed by atoms with E-state index in [0.29, 0.717) is 6.42 Å². The molecule has 6 nitrogen and oxygen atoms in total. The number of carbonyl (C=O) groups is 1. The van der Waals surface area contributed by atoms with Gasteiger partial charge in [-0.25, -0.2) is 0 Å². The molecule has 0 amide bonds. The summed E-state index contributed by atoms with van der Waals surface area (Å²) in [5.74, 6) is -0.0366. The number of Topliss-reactive ketones (excluding diaryl/α,β-unsaturated/α-hetero) is 1. The number of hydrogen-bond donors (Lipinski definition) is 0. The second kappa shape index (κ2) is 14.8. The van der Waals surface area contributed by atoms with E-state index in [1.54, 1.807) is 0 Å². The highest BCUT2D eigenvalue weighted by Gasteiger charge is 2.24. The summed E-state index contributed by atoms with van der Waals surface area (Å²) in [5, 5.41) is 0. The molecule has 0 atom stereocenters. The van der Waals surface area contributed by atoms with Gasteiger partial charge in [0, 0.05) is 20.6 Å². The van der Waals surface area contributed by atoms with Gasteiger partial charge in [-0.3, -0.25) is 9.36 Å². The molecular formula is C19H37O6P. The van der Waals surface area contributed by atoms with Crippen molar-refractivity contribution in [1.29, 1.82) is 0 Å². The Morgan fingerprint density at radius 1 is 0.846 bits per heavy atom. The van der Waals surface area contributed by atoms with Crippen molar-refractivity contribution < 1.29 is 27.9 Å². The fraction of sp³-hybridized carbons (Fsp3) is 0.947. The van der Waals surface area contributed by atoms with E-state index >= 15 is 0 Å². The Hall–Kier alpha value is -0.260. The quantitative estimate of drug-likeness (QED) is 0.253. The summed E-state index contributed by atoms with van der Waals surface area (Å²) in [6.45, 7) is 1.50. The molecule has 0 aliphatic carbocycles. The molecule has 0 saturated carbocycles. The fourth-order valence-corrected chi connectivity index (χ4v) is 4.12. The van der Waals surface area contributed by atoms with Gasteiger partial charge in [0.2, 0.25) is 0 Å². The zero-order valence-corrected chi connectivity index (χ0v) is 17.5. The van der Waals surface area contributed by atoms with Gasteiger partial charge >= 0.3 is 7.60 Å². The van der Waals surface area contributed by atoms with Gasteiger partial charge in [0.1, 0.15) is 11.9 Å². The number of ether oxygens (including phenoxy) is 2. The molecule has 0 N–H and O–H groups in total. The van der Waals surface area contributed by atoms with Crippen LogP contribution in [0.15, 0.2) is 0 Å².